The zero-order chi connectivity index (χ0) is 7.66. The first-order valence-electron chi connectivity index (χ1n) is 4.12. The van der Waals surface area contributed by atoms with E-state index in [9.17, 15) is 0 Å². The van der Waals surface area contributed by atoms with Crippen molar-refractivity contribution in [1.29, 1.82) is 0 Å². The van der Waals surface area contributed by atoms with Crippen molar-refractivity contribution in [2.45, 2.75) is 32.1 Å². The van der Waals surface area contributed by atoms with E-state index in [1.807, 2.05) is 7.05 Å². The molecular formula is C8H18IN. The van der Waals surface area contributed by atoms with Crippen molar-refractivity contribution in [2.24, 2.45) is 0 Å². The monoisotopic (exact) mass is 255 g/mol. The van der Waals surface area contributed by atoms with Crippen LogP contribution in [0.5, 0.6) is 0 Å². The highest BCUT2D eigenvalue weighted by Crippen LogP contribution is 2.03. The Labute approximate surface area is 78.1 Å². The summed E-state index contributed by atoms with van der Waals surface area (Å²) in [5.41, 5.74) is 0. The second-order valence-corrected chi connectivity index (χ2v) is 3.64. The quantitative estimate of drug-likeness (QED) is 0.419. The van der Waals surface area contributed by atoms with Gasteiger partial charge in [-0.25, -0.2) is 0 Å². The number of halogens is 1. The molecule has 0 saturated carbocycles. The van der Waals surface area contributed by atoms with Gasteiger partial charge >= 0.3 is 0 Å². The highest BCUT2D eigenvalue weighted by molar-refractivity contribution is 14.1. The molecule has 10 heavy (non-hydrogen) atoms. The molecule has 0 heterocycles. The predicted octanol–water partition coefficient (Wildman–Crippen LogP) is 2.59. The molecule has 0 fully saturated rings. The van der Waals surface area contributed by atoms with E-state index in [2.05, 4.69) is 27.9 Å². The fourth-order valence-corrected chi connectivity index (χ4v) is 1.47. The molecule has 0 unspecified atom stereocenters. The summed E-state index contributed by atoms with van der Waals surface area (Å²) in [6.45, 7) is 1.18. The molecule has 0 radical (unpaired) electrons. The summed E-state index contributed by atoms with van der Waals surface area (Å²) in [5, 5.41) is 3.16. The molecule has 62 valence electrons. The topological polar surface area (TPSA) is 12.0 Å². The number of rotatable bonds is 7. The minimum absolute atomic E-state index is 1.18. The maximum atomic E-state index is 3.16. The van der Waals surface area contributed by atoms with E-state index in [0.29, 0.717) is 0 Å². The molecule has 0 amide bonds. The minimum Gasteiger partial charge on any atom is -0.320 e. The van der Waals surface area contributed by atoms with Crippen molar-refractivity contribution in [1.82, 2.24) is 5.32 Å². The SMILES string of the molecule is CNCCCCCCCI. The summed E-state index contributed by atoms with van der Waals surface area (Å²) in [5.74, 6) is 0. The van der Waals surface area contributed by atoms with Gasteiger partial charge in [0.2, 0.25) is 0 Å². The molecule has 2 heteroatoms. The van der Waals surface area contributed by atoms with Crippen LogP contribution in [0.2, 0.25) is 0 Å². The largest absolute Gasteiger partial charge is 0.320 e. The first-order valence-corrected chi connectivity index (χ1v) is 5.65. The number of alkyl halides is 1. The van der Waals surface area contributed by atoms with Gasteiger partial charge in [-0.15, -0.1) is 0 Å². The number of unbranched alkanes of at least 4 members (excludes halogenated alkanes) is 4. The highest BCUT2D eigenvalue weighted by atomic mass is 127. The third kappa shape index (κ3) is 8.69. The van der Waals surface area contributed by atoms with Crippen LogP contribution in [0.1, 0.15) is 32.1 Å². The summed E-state index contributed by atoms with van der Waals surface area (Å²) in [6.07, 6.45) is 6.99. The highest BCUT2D eigenvalue weighted by Gasteiger charge is 1.87. The van der Waals surface area contributed by atoms with Gasteiger partial charge < -0.3 is 5.32 Å². The van der Waals surface area contributed by atoms with Gasteiger partial charge in [-0.2, -0.15) is 0 Å². The number of hydrogen-bond donors (Lipinski definition) is 1. The van der Waals surface area contributed by atoms with E-state index in [-0.39, 0.29) is 0 Å². The molecule has 0 aromatic heterocycles. The summed E-state index contributed by atoms with van der Waals surface area (Å²) >= 11 is 2.44. The molecule has 0 spiro atoms. The van der Waals surface area contributed by atoms with Crippen molar-refractivity contribution in [3.63, 3.8) is 0 Å². The lowest BCUT2D eigenvalue weighted by Crippen LogP contribution is -2.06. The maximum absolute atomic E-state index is 3.16. The summed E-state index contributed by atoms with van der Waals surface area (Å²) in [4.78, 5) is 0. The van der Waals surface area contributed by atoms with Crippen molar-refractivity contribution >= 4 is 22.6 Å². The Morgan fingerprint density at radius 3 is 2.20 bits per heavy atom. The van der Waals surface area contributed by atoms with Crippen LogP contribution in [0.25, 0.3) is 0 Å². The molecule has 0 bridgehead atoms. The van der Waals surface area contributed by atoms with E-state index in [1.165, 1.54) is 43.1 Å². The fraction of sp³-hybridized carbons (Fsp3) is 1.00. The minimum atomic E-state index is 1.18. The lowest BCUT2D eigenvalue weighted by Gasteiger charge is -1.98. The normalized spacial score (nSPS) is 10.2. The van der Waals surface area contributed by atoms with Crippen LogP contribution in [0.3, 0.4) is 0 Å². The van der Waals surface area contributed by atoms with E-state index in [1.54, 1.807) is 0 Å². The Hall–Kier alpha value is 0.690. The Morgan fingerprint density at radius 1 is 1.00 bits per heavy atom. The average Bonchev–Trinajstić information content (AvgIpc) is 1.97. The molecule has 0 rings (SSSR count). The molecule has 0 aliphatic heterocycles. The third-order valence-electron chi connectivity index (χ3n) is 1.56. The van der Waals surface area contributed by atoms with E-state index in [4.69, 9.17) is 0 Å². The molecule has 1 N–H and O–H groups in total. The van der Waals surface area contributed by atoms with Crippen LogP contribution in [-0.2, 0) is 0 Å². The van der Waals surface area contributed by atoms with Gasteiger partial charge in [0.25, 0.3) is 0 Å². The summed E-state index contributed by atoms with van der Waals surface area (Å²) < 4.78 is 1.32. The molecule has 0 saturated heterocycles. The van der Waals surface area contributed by atoms with Crippen molar-refractivity contribution < 1.29 is 0 Å². The van der Waals surface area contributed by atoms with Gasteiger partial charge in [0.15, 0.2) is 0 Å². The van der Waals surface area contributed by atoms with Crippen LogP contribution in [-0.4, -0.2) is 18.0 Å². The van der Waals surface area contributed by atoms with Gasteiger partial charge in [0.05, 0.1) is 0 Å². The van der Waals surface area contributed by atoms with Crippen molar-refractivity contribution in [3.8, 4) is 0 Å². The zero-order valence-electron chi connectivity index (χ0n) is 6.83. The van der Waals surface area contributed by atoms with Gasteiger partial charge in [0.1, 0.15) is 0 Å². The molecular weight excluding hydrogens is 237 g/mol. The summed E-state index contributed by atoms with van der Waals surface area (Å²) in [7, 11) is 2.02. The second-order valence-electron chi connectivity index (χ2n) is 2.56. The zero-order valence-corrected chi connectivity index (χ0v) is 8.99. The van der Waals surface area contributed by atoms with Crippen LogP contribution in [0.15, 0.2) is 0 Å². The first kappa shape index (κ1) is 10.7. The van der Waals surface area contributed by atoms with Gasteiger partial charge in [-0.1, -0.05) is 41.9 Å². The molecule has 0 aromatic carbocycles. The first-order chi connectivity index (χ1) is 4.91. The molecule has 0 aromatic rings. The Morgan fingerprint density at radius 2 is 1.60 bits per heavy atom. The average molecular weight is 255 g/mol. The predicted molar refractivity (Wildman–Crippen MR) is 55.9 cm³/mol. The van der Waals surface area contributed by atoms with Crippen molar-refractivity contribution in [3.05, 3.63) is 0 Å². The van der Waals surface area contributed by atoms with Crippen molar-refractivity contribution in [2.75, 3.05) is 18.0 Å². The molecule has 0 aliphatic carbocycles. The third-order valence-corrected chi connectivity index (χ3v) is 2.32. The number of hydrogen-bond acceptors (Lipinski definition) is 1. The van der Waals surface area contributed by atoms with E-state index >= 15 is 0 Å². The lowest BCUT2D eigenvalue weighted by atomic mass is 10.1. The van der Waals surface area contributed by atoms with Crippen LogP contribution in [0.4, 0.5) is 0 Å². The molecule has 1 nitrogen and oxygen atoms in total. The van der Waals surface area contributed by atoms with E-state index in [0.717, 1.165) is 0 Å². The smallest absolute Gasteiger partial charge is 0.000473 e. The van der Waals surface area contributed by atoms with Gasteiger partial charge in [0, 0.05) is 0 Å². The maximum Gasteiger partial charge on any atom is -0.000473 e. The lowest BCUT2D eigenvalue weighted by molar-refractivity contribution is 0.614. The van der Waals surface area contributed by atoms with Crippen LogP contribution < -0.4 is 5.32 Å². The Bertz CT molecular complexity index is 49.2. The number of nitrogens with one attached hydrogen (secondary N) is 1. The summed E-state index contributed by atoms with van der Waals surface area (Å²) in [6, 6.07) is 0. The van der Waals surface area contributed by atoms with Crippen LogP contribution >= 0.6 is 22.6 Å². The van der Waals surface area contributed by atoms with Gasteiger partial charge in [-0.05, 0) is 30.9 Å². The van der Waals surface area contributed by atoms with E-state index < -0.39 is 0 Å². The Kier molecular flexibility index (Phi) is 10.4. The Balaban J connectivity index is 2.65. The second kappa shape index (κ2) is 9.69. The van der Waals surface area contributed by atoms with Gasteiger partial charge in [-0.3, -0.25) is 0 Å². The van der Waals surface area contributed by atoms with Crippen LogP contribution in [0, 0.1) is 0 Å². The standard InChI is InChI=1S/C8H18IN/c1-10-8-6-4-2-3-5-7-9/h10H,2-8H2,1H3. The molecule has 0 aliphatic rings. The molecule has 0 atom stereocenters. The fourth-order valence-electron chi connectivity index (χ4n) is 0.927.